The number of likely N-dealkylation sites (tertiary alicyclic amines) is 1. The molecule has 0 aromatic carbocycles. The number of piperidine rings is 1. The lowest BCUT2D eigenvalue weighted by Gasteiger charge is -2.44. The largest absolute Gasteiger partial charge is 0.408 e. The molecule has 0 radical (unpaired) electrons. The minimum atomic E-state index is -4.58. The normalized spacial score (nSPS) is 18.0. The highest BCUT2D eigenvalue weighted by atomic mass is 19.4. The summed E-state index contributed by atoms with van der Waals surface area (Å²) in [5.41, 5.74) is -0.333. The zero-order valence-corrected chi connectivity index (χ0v) is 19.5. The van der Waals surface area contributed by atoms with Crippen molar-refractivity contribution in [1.82, 2.24) is 29.2 Å². The third-order valence-corrected chi connectivity index (χ3v) is 6.04. The van der Waals surface area contributed by atoms with E-state index in [1.54, 1.807) is 4.90 Å². The van der Waals surface area contributed by atoms with Crippen LogP contribution in [0.15, 0.2) is 31.4 Å². The van der Waals surface area contributed by atoms with Crippen LogP contribution in [-0.4, -0.2) is 64.6 Å². The average Bonchev–Trinajstić information content (AvgIpc) is 3.32. The van der Waals surface area contributed by atoms with Crippen LogP contribution in [-0.2, 0) is 6.54 Å². The summed E-state index contributed by atoms with van der Waals surface area (Å²) in [5, 5.41) is 14.4. The molecule has 1 amide bonds. The fourth-order valence-electron chi connectivity index (χ4n) is 4.46. The molecule has 8 nitrogen and oxygen atoms in total. The molecule has 4 heterocycles. The van der Waals surface area contributed by atoms with Crippen molar-refractivity contribution in [2.75, 3.05) is 6.54 Å². The highest BCUT2D eigenvalue weighted by molar-refractivity contribution is 5.99. The summed E-state index contributed by atoms with van der Waals surface area (Å²) in [6.45, 7) is 6.12. The van der Waals surface area contributed by atoms with Crippen LogP contribution < -0.4 is 0 Å². The fourth-order valence-corrected chi connectivity index (χ4v) is 4.46. The van der Waals surface area contributed by atoms with Gasteiger partial charge in [0.2, 0.25) is 0 Å². The van der Waals surface area contributed by atoms with Crippen LogP contribution in [0, 0.1) is 0 Å². The summed E-state index contributed by atoms with van der Waals surface area (Å²) in [4.78, 5) is 23.2. The standard InChI is InChI=1S/C23H24F4N6O2.FH/c1-4-19-29-12-18(31(19)8-6-24)20-15-11-28-16(9-17(15)33(30-20)13-23(25,26)27)21(35)32-7-5-14(34)10-22(32,2)3;/h4,6,8-9,11-12,14,34H,1,5,7,10,13H2,2-3H3;1H/b8-6+;. The number of carbonyl (C=O) groups excluding carboxylic acids is 1. The number of nitrogens with zero attached hydrogens (tertiary/aromatic N) is 6. The summed E-state index contributed by atoms with van der Waals surface area (Å²) in [5.74, 6) is -0.189. The maximum Gasteiger partial charge on any atom is 0.408 e. The van der Waals surface area contributed by atoms with Gasteiger partial charge in [0.25, 0.3) is 5.91 Å². The summed E-state index contributed by atoms with van der Waals surface area (Å²) >= 11 is 0. The van der Waals surface area contributed by atoms with Crippen molar-refractivity contribution in [2.45, 2.75) is 51.1 Å². The van der Waals surface area contributed by atoms with Crippen LogP contribution in [0.1, 0.15) is 43.0 Å². The molecular weight excluding hydrogens is 487 g/mol. The van der Waals surface area contributed by atoms with Crippen molar-refractivity contribution >= 4 is 29.1 Å². The molecule has 1 unspecified atom stereocenters. The number of amides is 1. The Morgan fingerprint density at radius 3 is 2.64 bits per heavy atom. The van der Waals surface area contributed by atoms with Crippen LogP contribution in [0.25, 0.3) is 34.6 Å². The Morgan fingerprint density at radius 2 is 2.03 bits per heavy atom. The van der Waals surface area contributed by atoms with E-state index in [2.05, 4.69) is 21.6 Å². The van der Waals surface area contributed by atoms with Gasteiger partial charge in [-0.3, -0.25) is 23.7 Å². The first kappa shape index (κ1) is 27.0. The Labute approximate surface area is 202 Å². The molecule has 3 aromatic rings. The molecule has 0 aliphatic carbocycles. The van der Waals surface area contributed by atoms with Gasteiger partial charge in [0.15, 0.2) is 0 Å². The molecule has 1 N–H and O–H groups in total. The number of carbonyl (C=O) groups is 1. The maximum absolute atomic E-state index is 13.4. The topological polar surface area (TPSA) is 89.1 Å². The molecule has 1 aliphatic heterocycles. The lowest BCUT2D eigenvalue weighted by molar-refractivity contribution is -0.141. The highest BCUT2D eigenvalue weighted by Gasteiger charge is 2.38. The van der Waals surface area contributed by atoms with Gasteiger partial charge in [-0.25, -0.2) is 9.37 Å². The predicted octanol–water partition coefficient (Wildman–Crippen LogP) is 4.43. The smallest absolute Gasteiger partial charge is 0.393 e. The molecule has 1 aliphatic rings. The van der Waals surface area contributed by atoms with E-state index in [-0.39, 0.29) is 44.8 Å². The number of halogens is 5. The fraction of sp³-hybridized carbons (Fsp3) is 0.391. The van der Waals surface area contributed by atoms with E-state index >= 15 is 0 Å². The minimum absolute atomic E-state index is 0. The van der Waals surface area contributed by atoms with Crippen LogP contribution >= 0.6 is 0 Å². The Bertz CT molecular complexity index is 1310. The second-order valence-corrected chi connectivity index (χ2v) is 8.97. The van der Waals surface area contributed by atoms with Crippen molar-refractivity contribution in [3.63, 3.8) is 0 Å². The van der Waals surface area contributed by atoms with Gasteiger partial charge >= 0.3 is 6.18 Å². The van der Waals surface area contributed by atoms with Crippen LogP contribution in [0.4, 0.5) is 22.3 Å². The van der Waals surface area contributed by atoms with Gasteiger partial charge in [-0.05, 0) is 38.8 Å². The molecule has 0 bridgehead atoms. The summed E-state index contributed by atoms with van der Waals surface area (Å²) in [7, 11) is 0. The third kappa shape index (κ3) is 5.01. The van der Waals surface area contributed by atoms with E-state index in [1.165, 1.54) is 29.1 Å². The van der Waals surface area contributed by atoms with Crippen LogP contribution in [0.3, 0.4) is 0 Å². The molecule has 1 atom stereocenters. The monoisotopic (exact) mass is 512 g/mol. The molecule has 3 aromatic heterocycles. The van der Waals surface area contributed by atoms with E-state index in [0.717, 1.165) is 10.9 Å². The van der Waals surface area contributed by atoms with E-state index in [9.17, 15) is 27.5 Å². The number of hydrogen-bond donors (Lipinski definition) is 1. The number of aromatic nitrogens is 5. The van der Waals surface area contributed by atoms with Gasteiger partial charge in [-0.2, -0.15) is 18.3 Å². The molecule has 194 valence electrons. The van der Waals surface area contributed by atoms with Gasteiger partial charge in [-0.15, -0.1) is 0 Å². The first-order chi connectivity index (χ1) is 16.4. The van der Waals surface area contributed by atoms with Gasteiger partial charge in [-0.1, -0.05) is 6.58 Å². The van der Waals surface area contributed by atoms with Crippen molar-refractivity contribution in [1.29, 1.82) is 0 Å². The molecule has 1 saturated heterocycles. The molecule has 1 fully saturated rings. The lowest BCUT2D eigenvalue weighted by atomic mass is 9.88. The Balaban J connectivity index is 0.00000361. The first-order valence-electron chi connectivity index (χ1n) is 10.9. The summed E-state index contributed by atoms with van der Waals surface area (Å²) < 4.78 is 55.1. The average molecular weight is 512 g/mol. The van der Waals surface area contributed by atoms with E-state index in [0.29, 0.717) is 19.4 Å². The number of rotatable bonds is 5. The van der Waals surface area contributed by atoms with Gasteiger partial charge in [0.1, 0.15) is 30.1 Å². The zero-order valence-electron chi connectivity index (χ0n) is 19.5. The van der Waals surface area contributed by atoms with Crippen molar-refractivity contribution in [2.24, 2.45) is 0 Å². The third-order valence-electron chi connectivity index (χ3n) is 6.04. The number of imidazole rings is 1. The second kappa shape index (κ2) is 9.80. The Morgan fingerprint density at radius 1 is 1.31 bits per heavy atom. The minimum Gasteiger partial charge on any atom is -0.393 e. The van der Waals surface area contributed by atoms with Crippen LogP contribution in [0.5, 0.6) is 0 Å². The SMILES string of the molecule is C=Cc1ncc(-c2nn(CC(F)(F)F)c3cc(C(=O)N4CCC(O)CC4(C)C)ncc23)n1/C=C/F.F. The first-order valence-corrected chi connectivity index (χ1v) is 10.9. The lowest BCUT2D eigenvalue weighted by Crippen LogP contribution is -2.54. The van der Waals surface area contributed by atoms with Gasteiger partial charge in [0, 0.05) is 29.9 Å². The van der Waals surface area contributed by atoms with Gasteiger partial charge < -0.3 is 10.0 Å². The van der Waals surface area contributed by atoms with Crippen molar-refractivity contribution in [3.8, 4) is 11.4 Å². The van der Waals surface area contributed by atoms with Crippen LogP contribution in [0.2, 0.25) is 0 Å². The van der Waals surface area contributed by atoms with E-state index < -0.39 is 30.3 Å². The van der Waals surface area contributed by atoms with Gasteiger partial charge in [0.05, 0.1) is 23.5 Å². The zero-order chi connectivity index (χ0) is 25.5. The molecular formula is C23H25F5N6O2. The quantitative estimate of drug-likeness (QED) is 0.511. The summed E-state index contributed by atoms with van der Waals surface area (Å²) in [6, 6.07) is 1.28. The van der Waals surface area contributed by atoms with E-state index in [4.69, 9.17) is 0 Å². The Hall–Kier alpha value is -3.61. The number of alkyl halides is 3. The predicted molar refractivity (Wildman–Crippen MR) is 124 cm³/mol. The van der Waals surface area contributed by atoms with Crippen molar-refractivity contribution < 1.29 is 32.2 Å². The molecule has 13 heteroatoms. The molecule has 0 saturated carbocycles. The van der Waals surface area contributed by atoms with E-state index in [1.807, 2.05) is 13.8 Å². The highest BCUT2D eigenvalue weighted by Crippen LogP contribution is 2.33. The van der Waals surface area contributed by atoms with Crippen molar-refractivity contribution in [3.05, 3.63) is 42.9 Å². The Kier molecular flexibility index (Phi) is 7.35. The maximum atomic E-state index is 13.4. The summed E-state index contributed by atoms with van der Waals surface area (Å²) in [6.07, 6.45) is 0.950. The number of aliphatic hydroxyl groups excluding tert-OH is 1. The molecule has 0 spiro atoms. The molecule has 36 heavy (non-hydrogen) atoms. The second-order valence-electron chi connectivity index (χ2n) is 8.97. The number of pyridine rings is 1. The number of aliphatic hydroxyl groups is 1. The molecule has 4 rings (SSSR count). The number of hydrogen-bond acceptors (Lipinski definition) is 5. The number of fused-ring (bicyclic) bond motifs is 1.